The zero-order chi connectivity index (χ0) is 19.2. The number of methoxy groups -OCH3 is 1. The predicted octanol–water partition coefficient (Wildman–Crippen LogP) is 3.49. The molecule has 6 heteroatoms. The van der Waals surface area contributed by atoms with Crippen LogP contribution in [-0.4, -0.2) is 22.6 Å². The Morgan fingerprint density at radius 1 is 1.26 bits per heavy atom. The maximum absolute atomic E-state index is 13.3. The van der Waals surface area contributed by atoms with Gasteiger partial charge in [-0.15, -0.1) is 0 Å². The third-order valence-electron chi connectivity index (χ3n) is 4.13. The molecule has 3 aromatic rings. The Morgan fingerprint density at radius 3 is 2.67 bits per heavy atom. The smallest absolute Gasteiger partial charge is 0.244 e. The Labute approximate surface area is 157 Å². The average Bonchev–Trinajstić information content (AvgIpc) is 3.10. The lowest BCUT2D eigenvalue weighted by atomic mass is 10.1. The minimum atomic E-state index is -0.430. The summed E-state index contributed by atoms with van der Waals surface area (Å²) in [7, 11) is 3.47. The van der Waals surface area contributed by atoms with Gasteiger partial charge in [-0.3, -0.25) is 4.79 Å². The van der Waals surface area contributed by atoms with Crippen LogP contribution in [0.3, 0.4) is 0 Å². The number of carbonyl (C=O) groups excluding carboxylic acids is 1. The molecule has 1 aromatic heterocycles. The van der Waals surface area contributed by atoms with E-state index in [1.165, 1.54) is 18.2 Å². The minimum Gasteiger partial charge on any atom is -0.497 e. The van der Waals surface area contributed by atoms with Crippen molar-refractivity contribution >= 4 is 12.0 Å². The molecule has 1 atom stereocenters. The largest absolute Gasteiger partial charge is 0.497 e. The fourth-order valence-corrected chi connectivity index (χ4v) is 2.72. The highest BCUT2D eigenvalue weighted by Gasteiger charge is 2.19. The van der Waals surface area contributed by atoms with Crippen LogP contribution < -0.4 is 10.1 Å². The first-order valence-corrected chi connectivity index (χ1v) is 8.42. The third kappa shape index (κ3) is 4.61. The van der Waals surface area contributed by atoms with Gasteiger partial charge in [0.2, 0.25) is 5.91 Å². The fourth-order valence-electron chi connectivity index (χ4n) is 2.72. The van der Waals surface area contributed by atoms with E-state index in [1.807, 2.05) is 42.1 Å². The molecular formula is C21H20FN3O2. The number of rotatable bonds is 6. The van der Waals surface area contributed by atoms with Crippen LogP contribution >= 0.6 is 0 Å². The zero-order valence-corrected chi connectivity index (χ0v) is 15.1. The number of halogens is 1. The van der Waals surface area contributed by atoms with Crippen molar-refractivity contribution < 1.29 is 13.9 Å². The summed E-state index contributed by atoms with van der Waals surface area (Å²) in [6.07, 6.45) is 6.46. The van der Waals surface area contributed by atoms with Gasteiger partial charge in [0.05, 0.1) is 7.11 Å². The van der Waals surface area contributed by atoms with Gasteiger partial charge in [0, 0.05) is 25.5 Å². The maximum atomic E-state index is 13.3. The highest BCUT2D eigenvalue weighted by atomic mass is 19.1. The van der Waals surface area contributed by atoms with Crippen LogP contribution in [0.4, 0.5) is 4.39 Å². The Hall–Kier alpha value is -3.41. The molecule has 3 rings (SSSR count). The summed E-state index contributed by atoms with van der Waals surface area (Å²) in [5.41, 5.74) is 1.49. The molecule has 0 saturated carbocycles. The summed E-state index contributed by atoms with van der Waals surface area (Å²) in [4.78, 5) is 16.8. The van der Waals surface area contributed by atoms with E-state index in [9.17, 15) is 9.18 Å². The van der Waals surface area contributed by atoms with Gasteiger partial charge < -0.3 is 14.6 Å². The maximum Gasteiger partial charge on any atom is 0.244 e. The van der Waals surface area contributed by atoms with E-state index in [1.54, 1.807) is 31.5 Å². The number of aryl methyl sites for hydroxylation is 1. The molecule has 0 radical (unpaired) electrons. The van der Waals surface area contributed by atoms with E-state index in [2.05, 4.69) is 10.3 Å². The van der Waals surface area contributed by atoms with Crippen molar-refractivity contribution in [3.05, 3.63) is 89.8 Å². The van der Waals surface area contributed by atoms with E-state index in [-0.39, 0.29) is 11.7 Å². The van der Waals surface area contributed by atoms with Crippen LogP contribution in [-0.2, 0) is 11.8 Å². The SMILES string of the molecule is COc1ccc(C(NC(=O)C=Cc2cccc(F)c2)c2nccn2C)cc1. The van der Waals surface area contributed by atoms with E-state index < -0.39 is 6.04 Å². The lowest BCUT2D eigenvalue weighted by Gasteiger charge is -2.18. The number of carbonyl (C=O) groups is 1. The lowest BCUT2D eigenvalue weighted by Crippen LogP contribution is -2.29. The topological polar surface area (TPSA) is 56.1 Å². The molecule has 1 amide bonds. The first-order chi connectivity index (χ1) is 13.1. The van der Waals surface area contributed by atoms with E-state index in [0.29, 0.717) is 11.4 Å². The number of aromatic nitrogens is 2. The van der Waals surface area contributed by atoms with Gasteiger partial charge >= 0.3 is 0 Å². The normalized spacial score (nSPS) is 12.1. The number of imidazole rings is 1. The van der Waals surface area contributed by atoms with Crippen molar-refractivity contribution in [3.8, 4) is 5.75 Å². The summed E-state index contributed by atoms with van der Waals surface area (Å²) < 4.78 is 20.3. The number of amides is 1. The van der Waals surface area contributed by atoms with Gasteiger partial charge in [0.25, 0.3) is 0 Å². The Kier molecular flexibility index (Phi) is 5.66. The molecule has 0 aliphatic carbocycles. The number of hydrogen-bond acceptors (Lipinski definition) is 3. The Morgan fingerprint density at radius 2 is 2.04 bits per heavy atom. The number of benzene rings is 2. The molecule has 27 heavy (non-hydrogen) atoms. The molecule has 0 bridgehead atoms. The fraction of sp³-hybridized carbons (Fsp3) is 0.143. The van der Waals surface area contributed by atoms with Crippen molar-refractivity contribution in [2.75, 3.05) is 7.11 Å². The summed E-state index contributed by atoms with van der Waals surface area (Å²) >= 11 is 0. The van der Waals surface area contributed by atoms with Crippen LogP contribution in [0.2, 0.25) is 0 Å². The monoisotopic (exact) mass is 365 g/mol. The Bertz CT molecular complexity index is 948. The minimum absolute atomic E-state index is 0.303. The van der Waals surface area contributed by atoms with Crippen molar-refractivity contribution in [3.63, 3.8) is 0 Å². The van der Waals surface area contributed by atoms with Crippen LogP contribution in [0.5, 0.6) is 5.75 Å². The quantitative estimate of drug-likeness (QED) is 0.681. The molecule has 2 aromatic carbocycles. The van der Waals surface area contributed by atoms with Crippen LogP contribution in [0, 0.1) is 5.82 Å². The Balaban J connectivity index is 1.82. The second-order valence-corrected chi connectivity index (χ2v) is 6.00. The summed E-state index contributed by atoms with van der Waals surface area (Å²) in [6, 6.07) is 13.1. The molecular weight excluding hydrogens is 345 g/mol. The summed E-state index contributed by atoms with van der Waals surface area (Å²) in [6.45, 7) is 0. The number of nitrogens with one attached hydrogen (secondary N) is 1. The molecule has 1 unspecified atom stereocenters. The number of ether oxygens (including phenoxy) is 1. The number of hydrogen-bond donors (Lipinski definition) is 1. The van der Waals surface area contributed by atoms with Gasteiger partial charge in [-0.2, -0.15) is 0 Å². The lowest BCUT2D eigenvalue weighted by molar-refractivity contribution is -0.117. The highest BCUT2D eigenvalue weighted by Crippen LogP contribution is 2.23. The van der Waals surface area contributed by atoms with E-state index in [0.717, 1.165) is 11.3 Å². The molecule has 0 spiro atoms. The third-order valence-corrected chi connectivity index (χ3v) is 4.13. The van der Waals surface area contributed by atoms with Gasteiger partial charge in [-0.1, -0.05) is 24.3 Å². The standard InChI is InChI=1S/C21H20FN3O2/c1-25-13-12-23-21(25)20(16-7-9-18(27-2)10-8-16)24-19(26)11-6-15-4-3-5-17(22)14-15/h3-14,20H,1-2H3,(H,24,26). The van der Waals surface area contributed by atoms with Crippen molar-refractivity contribution in [1.82, 2.24) is 14.9 Å². The molecule has 5 nitrogen and oxygen atoms in total. The van der Waals surface area contributed by atoms with Gasteiger partial charge in [-0.05, 0) is 41.5 Å². The average molecular weight is 365 g/mol. The molecule has 0 saturated heterocycles. The first-order valence-electron chi connectivity index (χ1n) is 8.42. The van der Waals surface area contributed by atoms with E-state index >= 15 is 0 Å². The highest BCUT2D eigenvalue weighted by molar-refractivity contribution is 5.92. The summed E-state index contributed by atoms with van der Waals surface area (Å²) in [5, 5.41) is 2.96. The van der Waals surface area contributed by atoms with Crippen LogP contribution in [0.15, 0.2) is 67.0 Å². The van der Waals surface area contributed by atoms with Crippen molar-refractivity contribution in [2.45, 2.75) is 6.04 Å². The molecule has 138 valence electrons. The van der Waals surface area contributed by atoms with Gasteiger partial charge in [-0.25, -0.2) is 9.37 Å². The van der Waals surface area contributed by atoms with Crippen molar-refractivity contribution in [2.24, 2.45) is 7.05 Å². The predicted molar refractivity (Wildman–Crippen MR) is 102 cm³/mol. The molecule has 0 fully saturated rings. The van der Waals surface area contributed by atoms with Gasteiger partial charge in [0.15, 0.2) is 0 Å². The second kappa shape index (κ2) is 8.31. The molecule has 1 N–H and O–H groups in total. The van der Waals surface area contributed by atoms with E-state index in [4.69, 9.17) is 4.74 Å². The van der Waals surface area contributed by atoms with Gasteiger partial charge in [0.1, 0.15) is 23.4 Å². The first kappa shape index (κ1) is 18.4. The van der Waals surface area contributed by atoms with Crippen molar-refractivity contribution in [1.29, 1.82) is 0 Å². The molecule has 0 aliphatic heterocycles. The van der Waals surface area contributed by atoms with Crippen LogP contribution in [0.25, 0.3) is 6.08 Å². The molecule has 0 aliphatic rings. The second-order valence-electron chi connectivity index (χ2n) is 6.00. The molecule has 1 heterocycles. The number of nitrogens with zero attached hydrogens (tertiary/aromatic N) is 2. The summed E-state index contributed by atoms with van der Waals surface area (Å²) in [5.74, 6) is 0.784. The van der Waals surface area contributed by atoms with Crippen LogP contribution in [0.1, 0.15) is 23.0 Å². The zero-order valence-electron chi connectivity index (χ0n) is 15.1.